The van der Waals surface area contributed by atoms with E-state index in [4.69, 9.17) is 10.5 Å². The molecule has 1 heterocycles. The van der Waals surface area contributed by atoms with E-state index in [0.29, 0.717) is 0 Å². The summed E-state index contributed by atoms with van der Waals surface area (Å²) in [7, 11) is 1.36. The third kappa shape index (κ3) is 3.13. The number of aromatic nitrogens is 1. The lowest BCUT2D eigenvalue weighted by Gasteiger charge is -2.18. The lowest BCUT2D eigenvalue weighted by Crippen LogP contribution is -2.19. The smallest absolute Gasteiger partial charge is 0.416 e. The monoisotopic (exact) mass is 300 g/mol. The molecule has 1 aromatic carbocycles. The first-order valence-corrected chi connectivity index (χ1v) is 5.94. The Morgan fingerprint density at radius 3 is 2.48 bits per heavy atom. The summed E-state index contributed by atoms with van der Waals surface area (Å²) < 4.78 is 57.6. The summed E-state index contributed by atoms with van der Waals surface area (Å²) in [6.45, 7) is 0. The van der Waals surface area contributed by atoms with Crippen molar-refractivity contribution in [2.24, 2.45) is 5.73 Å². The van der Waals surface area contributed by atoms with Crippen molar-refractivity contribution in [1.82, 2.24) is 4.98 Å². The molecule has 1 aromatic heterocycles. The van der Waals surface area contributed by atoms with E-state index in [-0.39, 0.29) is 16.9 Å². The molecule has 0 fully saturated rings. The lowest BCUT2D eigenvalue weighted by atomic mass is 9.96. The predicted octanol–water partition coefficient (Wildman–Crippen LogP) is 3.30. The highest BCUT2D eigenvalue weighted by atomic mass is 19.4. The van der Waals surface area contributed by atoms with Gasteiger partial charge in [-0.15, -0.1) is 0 Å². The van der Waals surface area contributed by atoms with Crippen LogP contribution in [0.4, 0.5) is 17.6 Å². The van der Waals surface area contributed by atoms with Gasteiger partial charge in [0.05, 0.1) is 18.7 Å². The number of nitrogens with two attached hydrogens (primary N) is 1. The number of hydrogen-bond donors (Lipinski definition) is 1. The molecule has 0 radical (unpaired) electrons. The molecule has 7 heteroatoms. The second-order valence-electron chi connectivity index (χ2n) is 4.33. The third-order valence-electron chi connectivity index (χ3n) is 3.04. The minimum absolute atomic E-state index is 0.0608. The third-order valence-corrected chi connectivity index (χ3v) is 3.04. The van der Waals surface area contributed by atoms with E-state index in [1.165, 1.54) is 19.2 Å². The van der Waals surface area contributed by atoms with Crippen LogP contribution < -0.4 is 10.5 Å². The average Bonchev–Trinajstić information content (AvgIpc) is 2.45. The molecule has 0 aliphatic heterocycles. The van der Waals surface area contributed by atoms with Crippen LogP contribution >= 0.6 is 0 Å². The normalized spacial score (nSPS) is 13.0. The van der Waals surface area contributed by atoms with Crippen LogP contribution in [-0.4, -0.2) is 12.1 Å². The van der Waals surface area contributed by atoms with Gasteiger partial charge in [-0.25, -0.2) is 4.39 Å². The van der Waals surface area contributed by atoms with E-state index in [1.54, 1.807) is 0 Å². The van der Waals surface area contributed by atoms with E-state index < -0.39 is 23.6 Å². The Balaban J connectivity index is 2.48. The molecule has 112 valence electrons. The van der Waals surface area contributed by atoms with Crippen molar-refractivity contribution >= 4 is 0 Å². The predicted molar refractivity (Wildman–Crippen MR) is 68.2 cm³/mol. The largest absolute Gasteiger partial charge is 0.497 e. The number of pyridine rings is 1. The van der Waals surface area contributed by atoms with E-state index in [2.05, 4.69) is 4.98 Å². The number of benzene rings is 1. The molecule has 0 spiro atoms. The van der Waals surface area contributed by atoms with Crippen LogP contribution in [0.3, 0.4) is 0 Å². The first kappa shape index (κ1) is 15.2. The standard InChI is InChI=1S/C14H12F4N2O/c1-21-8-2-3-9(12(15)6-8)13(19)10-7-20-5-4-11(10)14(16,17)18/h2-7,13H,19H2,1H3. The number of nitrogens with zero attached hydrogens (tertiary/aromatic N) is 1. The van der Waals surface area contributed by atoms with Crippen LogP contribution in [0.5, 0.6) is 5.75 Å². The molecule has 1 atom stereocenters. The van der Waals surface area contributed by atoms with Gasteiger partial charge in [0.2, 0.25) is 0 Å². The fourth-order valence-electron chi connectivity index (χ4n) is 1.97. The Hall–Kier alpha value is -2.15. The van der Waals surface area contributed by atoms with Crippen LogP contribution in [0.15, 0.2) is 36.7 Å². The van der Waals surface area contributed by atoms with Gasteiger partial charge >= 0.3 is 6.18 Å². The second kappa shape index (κ2) is 5.69. The summed E-state index contributed by atoms with van der Waals surface area (Å²) in [6, 6.07) is 3.34. The fourth-order valence-corrected chi connectivity index (χ4v) is 1.97. The Bertz CT molecular complexity index is 643. The van der Waals surface area contributed by atoms with Crippen LogP contribution in [-0.2, 0) is 6.18 Å². The lowest BCUT2D eigenvalue weighted by molar-refractivity contribution is -0.138. The first-order chi connectivity index (χ1) is 9.84. The molecule has 1 unspecified atom stereocenters. The SMILES string of the molecule is COc1ccc(C(N)c2cnccc2C(F)(F)F)c(F)c1. The van der Waals surface area contributed by atoms with Gasteiger partial charge in [0, 0.05) is 29.6 Å². The van der Waals surface area contributed by atoms with Crippen molar-refractivity contribution in [3.05, 3.63) is 59.2 Å². The Kier molecular flexibility index (Phi) is 4.13. The minimum Gasteiger partial charge on any atom is -0.497 e. The molecular formula is C14H12F4N2O. The Morgan fingerprint density at radius 2 is 1.90 bits per heavy atom. The van der Waals surface area contributed by atoms with E-state index in [9.17, 15) is 17.6 Å². The minimum atomic E-state index is -4.58. The zero-order chi connectivity index (χ0) is 15.6. The maximum absolute atomic E-state index is 13.9. The summed E-state index contributed by atoms with van der Waals surface area (Å²) in [5, 5.41) is 0. The molecule has 0 bridgehead atoms. The van der Waals surface area contributed by atoms with Crippen molar-refractivity contribution in [2.75, 3.05) is 7.11 Å². The van der Waals surface area contributed by atoms with Crippen LogP contribution in [0, 0.1) is 5.82 Å². The van der Waals surface area contributed by atoms with Crippen molar-refractivity contribution in [1.29, 1.82) is 0 Å². The van der Waals surface area contributed by atoms with Gasteiger partial charge < -0.3 is 10.5 Å². The Morgan fingerprint density at radius 1 is 1.19 bits per heavy atom. The van der Waals surface area contributed by atoms with Crippen LogP contribution in [0.1, 0.15) is 22.7 Å². The molecule has 0 saturated heterocycles. The highest BCUT2D eigenvalue weighted by Gasteiger charge is 2.35. The molecule has 0 saturated carbocycles. The zero-order valence-corrected chi connectivity index (χ0v) is 11.0. The van der Waals surface area contributed by atoms with E-state index >= 15 is 0 Å². The topological polar surface area (TPSA) is 48.1 Å². The fraction of sp³-hybridized carbons (Fsp3) is 0.214. The molecular weight excluding hydrogens is 288 g/mol. The van der Waals surface area contributed by atoms with Gasteiger partial charge in [0.15, 0.2) is 0 Å². The van der Waals surface area contributed by atoms with E-state index in [0.717, 1.165) is 24.5 Å². The molecule has 0 aliphatic carbocycles. The van der Waals surface area contributed by atoms with Gasteiger partial charge in [0.1, 0.15) is 11.6 Å². The van der Waals surface area contributed by atoms with Gasteiger partial charge in [0.25, 0.3) is 0 Å². The molecule has 0 amide bonds. The van der Waals surface area contributed by atoms with Crippen molar-refractivity contribution < 1.29 is 22.3 Å². The maximum atomic E-state index is 13.9. The van der Waals surface area contributed by atoms with Crippen molar-refractivity contribution in [2.45, 2.75) is 12.2 Å². The summed E-state index contributed by atoms with van der Waals surface area (Å²) in [6.07, 6.45) is -2.57. The molecule has 21 heavy (non-hydrogen) atoms. The van der Waals surface area contributed by atoms with Crippen LogP contribution in [0.25, 0.3) is 0 Å². The maximum Gasteiger partial charge on any atom is 0.416 e. The number of halogens is 4. The highest BCUT2D eigenvalue weighted by molar-refractivity contribution is 5.39. The number of ether oxygens (including phenoxy) is 1. The second-order valence-corrected chi connectivity index (χ2v) is 4.33. The molecule has 3 nitrogen and oxygen atoms in total. The summed E-state index contributed by atoms with van der Waals surface area (Å²) in [5.41, 5.74) is 4.51. The Labute approximate surface area is 118 Å². The van der Waals surface area contributed by atoms with Crippen LogP contribution in [0.2, 0.25) is 0 Å². The summed E-state index contributed by atoms with van der Waals surface area (Å²) >= 11 is 0. The number of rotatable bonds is 3. The number of hydrogen-bond acceptors (Lipinski definition) is 3. The first-order valence-electron chi connectivity index (χ1n) is 5.94. The molecule has 2 N–H and O–H groups in total. The summed E-state index contributed by atoms with van der Waals surface area (Å²) in [5.74, 6) is -0.482. The van der Waals surface area contributed by atoms with E-state index in [1.807, 2.05) is 0 Å². The average molecular weight is 300 g/mol. The number of alkyl halides is 3. The summed E-state index contributed by atoms with van der Waals surface area (Å²) in [4.78, 5) is 3.64. The zero-order valence-electron chi connectivity index (χ0n) is 11.0. The van der Waals surface area contributed by atoms with Gasteiger partial charge in [-0.3, -0.25) is 4.98 Å². The molecule has 2 rings (SSSR count). The van der Waals surface area contributed by atoms with Gasteiger partial charge in [-0.1, -0.05) is 6.07 Å². The molecule has 0 aliphatic rings. The molecule has 2 aromatic rings. The number of methoxy groups -OCH3 is 1. The van der Waals surface area contributed by atoms with Gasteiger partial charge in [-0.05, 0) is 12.1 Å². The van der Waals surface area contributed by atoms with Crippen molar-refractivity contribution in [3.63, 3.8) is 0 Å². The highest BCUT2D eigenvalue weighted by Crippen LogP contribution is 2.36. The van der Waals surface area contributed by atoms with Gasteiger partial charge in [-0.2, -0.15) is 13.2 Å². The van der Waals surface area contributed by atoms with Crippen molar-refractivity contribution in [3.8, 4) is 5.75 Å². The quantitative estimate of drug-likeness (QED) is 0.885.